The lowest BCUT2D eigenvalue weighted by molar-refractivity contribution is -0.123. The van der Waals surface area contributed by atoms with E-state index in [-0.39, 0.29) is 23.0 Å². The van der Waals surface area contributed by atoms with Gasteiger partial charge in [0.25, 0.3) is 11.5 Å². The smallest absolute Gasteiger partial charge is 0.263 e. The van der Waals surface area contributed by atoms with Crippen molar-refractivity contribution in [1.82, 2.24) is 14.7 Å². The van der Waals surface area contributed by atoms with Crippen LogP contribution in [0.2, 0.25) is 0 Å². The maximum atomic E-state index is 13.4. The first-order valence-electron chi connectivity index (χ1n) is 11.9. The van der Waals surface area contributed by atoms with Crippen molar-refractivity contribution in [2.24, 2.45) is 5.14 Å². The van der Waals surface area contributed by atoms with Gasteiger partial charge in [0.2, 0.25) is 10.0 Å². The Kier molecular flexibility index (Phi) is 5.70. The Morgan fingerprint density at radius 2 is 1.71 bits per heavy atom. The molecule has 3 heterocycles. The molecule has 0 radical (unpaired) electrons. The van der Waals surface area contributed by atoms with Gasteiger partial charge in [0.1, 0.15) is 5.75 Å². The predicted octanol–water partition coefficient (Wildman–Crippen LogP) is 2.98. The van der Waals surface area contributed by atoms with E-state index in [1.807, 2.05) is 42.5 Å². The first-order valence-corrected chi connectivity index (χ1v) is 13.4. The highest BCUT2D eigenvalue weighted by atomic mass is 32.2. The third-order valence-corrected chi connectivity index (χ3v) is 7.55. The monoisotopic (exact) mass is 526 g/mol. The van der Waals surface area contributed by atoms with Crippen molar-refractivity contribution in [2.45, 2.75) is 11.3 Å². The topological polar surface area (TPSA) is 133 Å². The van der Waals surface area contributed by atoms with E-state index >= 15 is 0 Å². The Hall–Kier alpha value is -4.54. The largest absolute Gasteiger partial charge is 0.484 e. The Balaban J connectivity index is 1.19. The van der Waals surface area contributed by atoms with E-state index in [9.17, 15) is 18.0 Å². The van der Waals surface area contributed by atoms with Crippen molar-refractivity contribution in [1.29, 1.82) is 0 Å². The molecular weight excluding hydrogens is 504 g/mol. The van der Waals surface area contributed by atoms with Crippen LogP contribution in [0.5, 0.6) is 5.75 Å². The molecule has 0 saturated carbocycles. The van der Waals surface area contributed by atoms with Gasteiger partial charge in [-0.25, -0.2) is 13.6 Å². The normalized spacial score (nSPS) is 12.0. The van der Waals surface area contributed by atoms with Crippen LogP contribution in [-0.4, -0.2) is 36.9 Å². The van der Waals surface area contributed by atoms with Gasteiger partial charge in [-0.1, -0.05) is 30.3 Å². The van der Waals surface area contributed by atoms with Gasteiger partial charge in [0.05, 0.1) is 21.4 Å². The fourth-order valence-electron chi connectivity index (χ4n) is 4.83. The molecule has 190 valence electrons. The summed E-state index contributed by atoms with van der Waals surface area (Å²) in [5.74, 6) is 0.219. The molecule has 1 amide bonds. The standard InChI is InChI=1S/C28H22N4O5S/c29-38(35,36)19-8-5-17(6-9-19)11-13-30-25(33)16-37-18-7-10-24-23(15-18)21-12-14-31-26-20-3-1-2-4-22(20)28(34)32(24)27(21)26/h1-10,12,14-15H,11,13,16H2,(H,30,33)(H2,29,35,36). The average molecular weight is 527 g/mol. The lowest BCUT2D eigenvalue weighted by Crippen LogP contribution is -2.30. The first-order chi connectivity index (χ1) is 18.3. The van der Waals surface area contributed by atoms with Gasteiger partial charge in [-0.3, -0.25) is 19.0 Å². The molecule has 3 aromatic heterocycles. The average Bonchev–Trinajstić information content (AvgIpc) is 3.25. The molecule has 0 unspecified atom stereocenters. The van der Waals surface area contributed by atoms with Crippen LogP contribution in [0.15, 0.2) is 88.7 Å². The van der Waals surface area contributed by atoms with Gasteiger partial charge in [-0.15, -0.1) is 0 Å². The zero-order chi connectivity index (χ0) is 26.4. The molecule has 6 aromatic rings. The number of carbonyl (C=O) groups excluding carboxylic acids is 1. The minimum Gasteiger partial charge on any atom is -0.484 e. The van der Waals surface area contributed by atoms with Gasteiger partial charge >= 0.3 is 0 Å². The number of ether oxygens (including phenoxy) is 1. The van der Waals surface area contributed by atoms with Crippen molar-refractivity contribution >= 4 is 54.0 Å². The molecule has 9 nitrogen and oxygen atoms in total. The quantitative estimate of drug-likeness (QED) is 0.307. The van der Waals surface area contributed by atoms with E-state index in [2.05, 4.69) is 10.3 Å². The van der Waals surface area contributed by atoms with E-state index in [4.69, 9.17) is 9.88 Å². The molecule has 10 heteroatoms. The molecular formula is C28H22N4O5S. The summed E-state index contributed by atoms with van der Waals surface area (Å²) in [6.07, 6.45) is 2.26. The van der Waals surface area contributed by atoms with Crippen LogP contribution >= 0.6 is 0 Å². The number of amides is 1. The molecule has 3 aromatic carbocycles. The number of nitrogens with two attached hydrogens (primary N) is 1. The van der Waals surface area contributed by atoms with Crippen molar-refractivity contribution in [2.75, 3.05) is 13.2 Å². The highest BCUT2D eigenvalue weighted by Crippen LogP contribution is 2.34. The summed E-state index contributed by atoms with van der Waals surface area (Å²) in [7, 11) is -3.74. The van der Waals surface area contributed by atoms with Gasteiger partial charge in [-0.05, 0) is 54.4 Å². The Morgan fingerprint density at radius 1 is 0.947 bits per heavy atom. The Bertz CT molecular complexity index is 2020. The number of aromatic nitrogens is 2. The van der Waals surface area contributed by atoms with Crippen LogP contribution in [0, 0.1) is 0 Å². The lowest BCUT2D eigenvalue weighted by Gasteiger charge is -2.08. The highest BCUT2D eigenvalue weighted by Gasteiger charge is 2.18. The van der Waals surface area contributed by atoms with Crippen LogP contribution < -0.4 is 20.8 Å². The molecule has 0 saturated heterocycles. The fraction of sp³-hybridized carbons (Fsp3) is 0.107. The maximum absolute atomic E-state index is 13.4. The molecule has 38 heavy (non-hydrogen) atoms. The third-order valence-electron chi connectivity index (χ3n) is 6.62. The van der Waals surface area contributed by atoms with Crippen LogP contribution in [0.4, 0.5) is 0 Å². The van der Waals surface area contributed by atoms with E-state index in [0.29, 0.717) is 24.1 Å². The number of primary sulfonamides is 1. The predicted molar refractivity (Wildman–Crippen MR) is 145 cm³/mol. The molecule has 6 rings (SSSR count). The number of benzene rings is 3. The lowest BCUT2D eigenvalue weighted by atomic mass is 10.1. The van der Waals surface area contributed by atoms with E-state index in [1.54, 1.807) is 28.8 Å². The molecule has 0 aliphatic rings. The number of sulfonamides is 1. The van der Waals surface area contributed by atoms with E-state index in [0.717, 1.165) is 38.3 Å². The van der Waals surface area contributed by atoms with Crippen molar-refractivity contribution in [3.63, 3.8) is 0 Å². The summed E-state index contributed by atoms with van der Waals surface area (Å²) in [6, 6.07) is 20.9. The Labute approximate surface area is 216 Å². The maximum Gasteiger partial charge on any atom is 0.263 e. The van der Waals surface area contributed by atoms with Crippen LogP contribution in [0.1, 0.15) is 5.56 Å². The summed E-state index contributed by atoms with van der Waals surface area (Å²) < 4.78 is 30.2. The molecule has 3 N–H and O–H groups in total. The van der Waals surface area contributed by atoms with Gasteiger partial charge in [0, 0.05) is 34.3 Å². The van der Waals surface area contributed by atoms with Crippen LogP contribution in [0.25, 0.3) is 38.1 Å². The van der Waals surface area contributed by atoms with Crippen molar-refractivity contribution < 1.29 is 17.9 Å². The van der Waals surface area contributed by atoms with E-state index < -0.39 is 10.0 Å². The zero-order valence-electron chi connectivity index (χ0n) is 20.0. The summed E-state index contributed by atoms with van der Waals surface area (Å²) in [5, 5.41) is 11.0. The summed E-state index contributed by atoms with van der Waals surface area (Å²) in [6.45, 7) is 0.188. The summed E-state index contributed by atoms with van der Waals surface area (Å²) >= 11 is 0. The second kappa shape index (κ2) is 9.09. The second-order valence-corrected chi connectivity index (χ2v) is 10.6. The number of nitrogens with zero attached hydrogens (tertiary/aromatic N) is 2. The second-order valence-electron chi connectivity index (χ2n) is 9.00. The number of carbonyl (C=O) groups is 1. The molecule has 0 spiro atoms. The van der Waals surface area contributed by atoms with Gasteiger partial charge in [-0.2, -0.15) is 0 Å². The van der Waals surface area contributed by atoms with Crippen LogP contribution in [-0.2, 0) is 21.2 Å². The van der Waals surface area contributed by atoms with Crippen molar-refractivity contribution in [3.8, 4) is 5.75 Å². The fourth-order valence-corrected chi connectivity index (χ4v) is 5.35. The molecule has 0 bridgehead atoms. The van der Waals surface area contributed by atoms with Crippen molar-refractivity contribution in [3.05, 3.63) is 94.9 Å². The molecule has 0 fully saturated rings. The highest BCUT2D eigenvalue weighted by molar-refractivity contribution is 7.89. The molecule has 0 aliphatic heterocycles. The minimum atomic E-state index is -3.74. The number of hydrogen-bond acceptors (Lipinski definition) is 6. The first kappa shape index (κ1) is 23.8. The molecule has 0 atom stereocenters. The van der Waals surface area contributed by atoms with Gasteiger partial charge in [0.15, 0.2) is 6.61 Å². The summed E-state index contributed by atoms with van der Waals surface area (Å²) in [5.41, 5.74) is 3.03. The summed E-state index contributed by atoms with van der Waals surface area (Å²) in [4.78, 5) is 30.3. The molecule has 0 aliphatic carbocycles. The van der Waals surface area contributed by atoms with Gasteiger partial charge < -0.3 is 10.1 Å². The third kappa shape index (κ3) is 4.09. The number of hydrogen-bond donors (Lipinski definition) is 2. The zero-order valence-corrected chi connectivity index (χ0v) is 20.9. The van der Waals surface area contributed by atoms with Crippen LogP contribution in [0.3, 0.4) is 0 Å². The van der Waals surface area contributed by atoms with E-state index in [1.165, 1.54) is 12.1 Å². The number of pyridine rings is 2. The Morgan fingerprint density at radius 3 is 2.47 bits per heavy atom. The number of rotatable bonds is 7. The number of fused-ring (bicyclic) bond motifs is 5. The minimum absolute atomic E-state index is 0.0433. The SMILES string of the molecule is NS(=O)(=O)c1ccc(CCNC(=O)COc2ccc3c(c2)c2ccnc4c5ccccc5c(=O)n3c24)cc1. The number of nitrogens with one attached hydrogen (secondary N) is 1.